The first-order chi connectivity index (χ1) is 10.2. The molecule has 4 nitrogen and oxygen atoms in total. The normalized spacial score (nSPS) is 22.3. The summed E-state index contributed by atoms with van der Waals surface area (Å²) in [4.78, 5) is 2.53. The maximum absolute atomic E-state index is 4.50. The molecule has 2 unspecified atom stereocenters. The van der Waals surface area contributed by atoms with Crippen molar-refractivity contribution in [2.75, 3.05) is 13.1 Å². The Morgan fingerprint density at radius 3 is 2.68 bits per heavy atom. The highest BCUT2D eigenvalue weighted by atomic mass is 35.5. The topological polar surface area (TPSA) is 33.1 Å². The van der Waals surface area contributed by atoms with Crippen LogP contribution >= 0.6 is 12.4 Å². The van der Waals surface area contributed by atoms with Crippen LogP contribution in [0.4, 0.5) is 0 Å². The van der Waals surface area contributed by atoms with Crippen molar-refractivity contribution in [3.05, 3.63) is 53.9 Å². The third-order valence-electron chi connectivity index (χ3n) is 4.15. The average molecular weight is 321 g/mol. The summed E-state index contributed by atoms with van der Waals surface area (Å²) in [6.45, 7) is 8.53. The zero-order valence-electron chi connectivity index (χ0n) is 13.3. The highest BCUT2D eigenvalue weighted by Crippen LogP contribution is 2.12. The zero-order valence-corrected chi connectivity index (χ0v) is 14.1. The molecule has 3 rings (SSSR count). The van der Waals surface area contributed by atoms with E-state index in [2.05, 4.69) is 59.6 Å². The Hall–Kier alpha value is -1.36. The third kappa shape index (κ3) is 4.32. The van der Waals surface area contributed by atoms with E-state index in [0.717, 1.165) is 26.2 Å². The zero-order chi connectivity index (χ0) is 14.7. The first kappa shape index (κ1) is 17.0. The fourth-order valence-electron chi connectivity index (χ4n) is 2.90. The van der Waals surface area contributed by atoms with E-state index >= 15 is 0 Å². The Bertz CT molecular complexity index is 569. The van der Waals surface area contributed by atoms with Gasteiger partial charge in [0, 0.05) is 43.5 Å². The second kappa shape index (κ2) is 7.77. The number of piperazine rings is 1. The molecular formula is C17H25ClN4. The SMILES string of the molecule is CC1CN(Cc2cnn(Cc3ccccc3)c2)C(C)CN1.Cl. The lowest BCUT2D eigenvalue weighted by Gasteiger charge is -2.37. The molecule has 120 valence electrons. The van der Waals surface area contributed by atoms with Crippen LogP contribution in [0.1, 0.15) is 25.0 Å². The smallest absolute Gasteiger partial charge is 0.0659 e. The summed E-state index contributed by atoms with van der Waals surface area (Å²) in [5.41, 5.74) is 2.59. The highest BCUT2D eigenvalue weighted by molar-refractivity contribution is 5.85. The lowest BCUT2D eigenvalue weighted by atomic mass is 10.1. The number of nitrogens with one attached hydrogen (secondary N) is 1. The van der Waals surface area contributed by atoms with Gasteiger partial charge in [-0.05, 0) is 19.4 Å². The molecule has 1 aromatic heterocycles. The van der Waals surface area contributed by atoms with Crippen LogP contribution in [0.3, 0.4) is 0 Å². The average Bonchev–Trinajstić information content (AvgIpc) is 2.91. The van der Waals surface area contributed by atoms with Crippen LogP contribution in [0.5, 0.6) is 0 Å². The molecule has 1 aliphatic heterocycles. The van der Waals surface area contributed by atoms with E-state index in [-0.39, 0.29) is 12.4 Å². The minimum Gasteiger partial charge on any atom is -0.311 e. The van der Waals surface area contributed by atoms with E-state index in [9.17, 15) is 0 Å². The maximum Gasteiger partial charge on any atom is 0.0659 e. The van der Waals surface area contributed by atoms with Crippen LogP contribution in [0.25, 0.3) is 0 Å². The quantitative estimate of drug-likeness (QED) is 0.940. The second-order valence-electron chi connectivity index (χ2n) is 6.12. The Kier molecular flexibility index (Phi) is 6.00. The van der Waals surface area contributed by atoms with Crippen LogP contribution in [-0.2, 0) is 13.1 Å². The van der Waals surface area contributed by atoms with E-state index in [4.69, 9.17) is 0 Å². The minimum atomic E-state index is 0. The van der Waals surface area contributed by atoms with Crippen molar-refractivity contribution in [1.82, 2.24) is 20.0 Å². The summed E-state index contributed by atoms with van der Waals surface area (Å²) in [6, 6.07) is 11.6. The number of rotatable bonds is 4. The molecular weight excluding hydrogens is 296 g/mol. The van der Waals surface area contributed by atoms with Gasteiger partial charge in [0.15, 0.2) is 0 Å². The maximum atomic E-state index is 4.50. The Balaban J connectivity index is 0.00000176. The summed E-state index contributed by atoms with van der Waals surface area (Å²) in [6.07, 6.45) is 4.18. The van der Waals surface area contributed by atoms with Crippen molar-refractivity contribution < 1.29 is 0 Å². The van der Waals surface area contributed by atoms with E-state index in [0.29, 0.717) is 12.1 Å². The predicted molar refractivity (Wildman–Crippen MR) is 92.4 cm³/mol. The van der Waals surface area contributed by atoms with Gasteiger partial charge < -0.3 is 5.32 Å². The van der Waals surface area contributed by atoms with Gasteiger partial charge in [0.25, 0.3) is 0 Å². The van der Waals surface area contributed by atoms with Gasteiger partial charge in [0.1, 0.15) is 0 Å². The number of hydrogen-bond acceptors (Lipinski definition) is 3. The van der Waals surface area contributed by atoms with E-state index in [1.165, 1.54) is 11.1 Å². The van der Waals surface area contributed by atoms with E-state index in [1.54, 1.807) is 0 Å². The lowest BCUT2D eigenvalue weighted by molar-refractivity contribution is 0.139. The largest absolute Gasteiger partial charge is 0.311 e. The van der Waals surface area contributed by atoms with Crippen LogP contribution in [0.2, 0.25) is 0 Å². The van der Waals surface area contributed by atoms with Gasteiger partial charge >= 0.3 is 0 Å². The number of hydrogen-bond donors (Lipinski definition) is 1. The summed E-state index contributed by atoms with van der Waals surface area (Å²) in [7, 11) is 0. The van der Waals surface area contributed by atoms with Gasteiger partial charge in [0.05, 0.1) is 12.7 Å². The van der Waals surface area contributed by atoms with Crippen molar-refractivity contribution in [2.24, 2.45) is 0 Å². The van der Waals surface area contributed by atoms with Gasteiger partial charge in [-0.15, -0.1) is 12.4 Å². The molecule has 2 aromatic rings. The molecule has 22 heavy (non-hydrogen) atoms. The molecule has 1 aromatic carbocycles. The molecule has 0 spiro atoms. The standard InChI is InChI=1S/C17H24N4.ClH/c1-14-10-20(15(2)8-18-14)11-17-9-19-21(13-17)12-16-6-4-3-5-7-16;/h3-7,9,13-15,18H,8,10-12H2,1-2H3;1H. The number of nitrogens with zero attached hydrogens (tertiary/aromatic N) is 3. The molecule has 1 saturated heterocycles. The number of benzene rings is 1. The molecule has 1 fully saturated rings. The van der Waals surface area contributed by atoms with Crippen molar-refractivity contribution in [3.8, 4) is 0 Å². The first-order valence-electron chi connectivity index (χ1n) is 7.73. The molecule has 0 saturated carbocycles. The highest BCUT2D eigenvalue weighted by Gasteiger charge is 2.22. The van der Waals surface area contributed by atoms with Gasteiger partial charge in [-0.25, -0.2) is 0 Å². The van der Waals surface area contributed by atoms with Crippen molar-refractivity contribution in [2.45, 2.75) is 39.0 Å². The Labute approximate surface area is 138 Å². The minimum absolute atomic E-state index is 0. The van der Waals surface area contributed by atoms with E-state index < -0.39 is 0 Å². The van der Waals surface area contributed by atoms with Crippen molar-refractivity contribution in [3.63, 3.8) is 0 Å². The number of halogens is 1. The summed E-state index contributed by atoms with van der Waals surface area (Å²) < 4.78 is 2.03. The van der Waals surface area contributed by atoms with Crippen molar-refractivity contribution in [1.29, 1.82) is 0 Å². The van der Waals surface area contributed by atoms with Crippen LogP contribution in [-0.4, -0.2) is 39.9 Å². The molecule has 0 bridgehead atoms. The summed E-state index contributed by atoms with van der Waals surface area (Å²) in [5, 5.41) is 8.02. The van der Waals surface area contributed by atoms with Crippen molar-refractivity contribution >= 4 is 12.4 Å². The van der Waals surface area contributed by atoms with Crippen LogP contribution in [0.15, 0.2) is 42.7 Å². The predicted octanol–water partition coefficient (Wildman–Crippen LogP) is 2.54. The van der Waals surface area contributed by atoms with Gasteiger partial charge in [-0.2, -0.15) is 5.10 Å². The van der Waals surface area contributed by atoms with Gasteiger partial charge in [-0.3, -0.25) is 9.58 Å². The molecule has 0 radical (unpaired) electrons. The second-order valence-corrected chi connectivity index (χ2v) is 6.12. The lowest BCUT2D eigenvalue weighted by Crippen LogP contribution is -2.53. The van der Waals surface area contributed by atoms with Gasteiger partial charge in [0.2, 0.25) is 0 Å². The van der Waals surface area contributed by atoms with Crippen LogP contribution in [0, 0.1) is 0 Å². The molecule has 2 atom stereocenters. The molecule has 5 heteroatoms. The van der Waals surface area contributed by atoms with Gasteiger partial charge in [-0.1, -0.05) is 30.3 Å². The Morgan fingerprint density at radius 2 is 1.91 bits per heavy atom. The first-order valence-corrected chi connectivity index (χ1v) is 7.73. The summed E-state index contributed by atoms with van der Waals surface area (Å²) in [5.74, 6) is 0. The third-order valence-corrected chi connectivity index (χ3v) is 4.15. The molecule has 0 aliphatic carbocycles. The summed E-state index contributed by atoms with van der Waals surface area (Å²) >= 11 is 0. The molecule has 0 amide bonds. The van der Waals surface area contributed by atoms with E-state index in [1.807, 2.05) is 16.9 Å². The molecule has 1 aliphatic rings. The fraction of sp³-hybridized carbons (Fsp3) is 0.471. The fourth-order valence-corrected chi connectivity index (χ4v) is 2.90. The van der Waals surface area contributed by atoms with Crippen LogP contribution < -0.4 is 5.32 Å². The monoisotopic (exact) mass is 320 g/mol. The number of aromatic nitrogens is 2. The molecule has 1 N–H and O–H groups in total. The molecule has 2 heterocycles. The Morgan fingerprint density at radius 1 is 1.14 bits per heavy atom.